The summed E-state index contributed by atoms with van der Waals surface area (Å²) in [5, 5.41) is 0. The third-order valence-corrected chi connectivity index (χ3v) is 15.1. The van der Waals surface area contributed by atoms with Gasteiger partial charge in [-0.25, -0.2) is 26.3 Å². The molecule has 0 saturated heterocycles. The average molecular weight is 1190 g/mol. The van der Waals surface area contributed by atoms with E-state index in [0.717, 1.165) is 48.5 Å². The summed E-state index contributed by atoms with van der Waals surface area (Å²) >= 11 is 0. The second kappa shape index (κ2) is 24.1. The standard InChI is InChI=1S/2C26H20F8O5S/c2*1-37-9-2-3-13-11-14(26(32,33)34)4-6-16(13)17-8-10-38-19-12-15(5-7-18(17)19)40(35,36)39-25-23(30)21(28)20(27)22(29)24(25)31/h2*4-7,11-12,17H,2-3,8-10H2,1H3/t2*17-/m10/s1. The smallest absolute Gasteiger partial charge is 0.416 e. The van der Waals surface area contributed by atoms with Gasteiger partial charge in [0, 0.05) is 62.5 Å². The maximum atomic E-state index is 14.0. The quantitative estimate of drug-likeness (QED) is 0.0304. The van der Waals surface area contributed by atoms with Crippen LogP contribution in [-0.4, -0.2) is 57.5 Å². The monoisotopic (exact) mass is 1190 g/mol. The molecule has 80 heavy (non-hydrogen) atoms. The normalized spacial score (nSPS) is 15.5. The van der Waals surface area contributed by atoms with E-state index in [4.69, 9.17) is 18.9 Å². The Morgan fingerprint density at radius 2 is 0.762 bits per heavy atom. The molecule has 28 heteroatoms. The van der Waals surface area contributed by atoms with Gasteiger partial charge in [-0.3, -0.25) is 0 Å². The first-order chi connectivity index (χ1) is 37.5. The molecule has 8 rings (SSSR count). The van der Waals surface area contributed by atoms with Crippen LogP contribution in [0.5, 0.6) is 23.0 Å². The van der Waals surface area contributed by atoms with Crippen molar-refractivity contribution in [2.45, 2.75) is 72.5 Å². The van der Waals surface area contributed by atoms with Crippen molar-refractivity contribution in [3.05, 3.63) is 175 Å². The minimum atomic E-state index is -5.12. The summed E-state index contributed by atoms with van der Waals surface area (Å²) in [6, 6.07) is 13.1. The predicted octanol–water partition coefficient (Wildman–Crippen LogP) is 13.3. The number of ether oxygens (including phenoxy) is 4. The SMILES string of the molecule is COCCCc1cc(C(F)(F)F)ccc1[C@@H]1CCOc2cc(S(=O)(=O)Oc3c(F)c(F)c(F)c(F)c3F)ccc21.COCCCc1cc(C(F)(F)F)ccc1[C@H]1CCOc2cc(S(=O)(=O)Oc3c(F)c(F)c(F)c(F)c3F)ccc21. The van der Waals surface area contributed by atoms with E-state index < -0.39 is 135 Å². The molecule has 0 unspecified atom stereocenters. The van der Waals surface area contributed by atoms with E-state index in [9.17, 15) is 87.1 Å². The summed E-state index contributed by atoms with van der Waals surface area (Å²) in [5.41, 5.74) is 1.10. The van der Waals surface area contributed by atoms with Gasteiger partial charge in [0.05, 0.1) is 24.3 Å². The molecule has 432 valence electrons. The van der Waals surface area contributed by atoms with Crippen molar-refractivity contribution in [3.63, 3.8) is 0 Å². The zero-order valence-corrected chi connectivity index (χ0v) is 42.7. The molecule has 0 amide bonds. The lowest BCUT2D eigenvalue weighted by molar-refractivity contribution is -0.138. The maximum Gasteiger partial charge on any atom is 0.416 e. The minimum Gasteiger partial charge on any atom is -0.493 e. The Hall–Kier alpha value is -6.78. The largest absolute Gasteiger partial charge is 0.493 e. The Kier molecular flexibility index (Phi) is 18.4. The molecule has 0 fully saturated rings. The van der Waals surface area contributed by atoms with E-state index >= 15 is 0 Å². The lowest BCUT2D eigenvalue weighted by atomic mass is 9.82. The van der Waals surface area contributed by atoms with Crippen LogP contribution in [0, 0.1) is 58.2 Å². The van der Waals surface area contributed by atoms with E-state index in [0.29, 0.717) is 72.3 Å². The van der Waals surface area contributed by atoms with Crippen molar-refractivity contribution < 1.29 is 114 Å². The molecule has 0 aromatic heterocycles. The van der Waals surface area contributed by atoms with Crippen LogP contribution >= 0.6 is 0 Å². The van der Waals surface area contributed by atoms with Gasteiger partial charge in [-0.2, -0.15) is 60.7 Å². The van der Waals surface area contributed by atoms with Crippen LogP contribution in [0.15, 0.2) is 82.6 Å². The Labute approximate surface area is 445 Å². The fourth-order valence-corrected chi connectivity index (χ4v) is 10.7. The first-order valence-electron chi connectivity index (χ1n) is 23.4. The highest BCUT2D eigenvalue weighted by molar-refractivity contribution is 7.87. The summed E-state index contributed by atoms with van der Waals surface area (Å²) in [6.45, 7) is 0.699. The van der Waals surface area contributed by atoms with Crippen LogP contribution in [0.1, 0.15) is 82.0 Å². The molecule has 0 spiro atoms. The van der Waals surface area contributed by atoms with Crippen molar-refractivity contribution in [1.29, 1.82) is 0 Å². The first kappa shape index (κ1) is 60.9. The van der Waals surface area contributed by atoms with Crippen LogP contribution in [0.4, 0.5) is 70.2 Å². The van der Waals surface area contributed by atoms with Gasteiger partial charge in [-0.15, -0.1) is 0 Å². The molecule has 0 N–H and O–H groups in total. The summed E-state index contributed by atoms with van der Waals surface area (Å²) < 4.78 is 297. The maximum absolute atomic E-state index is 14.0. The van der Waals surface area contributed by atoms with Gasteiger partial charge in [-0.05, 0) is 97.2 Å². The van der Waals surface area contributed by atoms with Crippen molar-refractivity contribution in [2.75, 3.05) is 40.6 Å². The molecule has 0 radical (unpaired) electrons. The Bertz CT molecular complexity index is 3250. The number of hydrogen-bond donors (Lipinski definition) is 0. The fourth-order valence-electron chi connectivity index (χ4n) is 8.82. The third-order valence-electron chi connectivity index (χ3n) is 12.6. The first-order valence-corrected chi connectivity index (χ1v) is 26.2. The average Bonchev–Trinajstić information content (AvgIpc) is 3.42. The van der Waals surface area contributed by atoms with Gasteiger partial charge >= 0.3 is 32.6 Å². The molecule has 6 aromatic rings. The van der Waals surface area contributed by atoms with Crippen LogP contribution in [0.2, 0.25) is 0 Å². The highest BCUT2D eigenvalue weighted by Crippen LogP contribution is 2.45. The predicted molar refractivity (Wildman–Crippen MR) is 248 cm³/mol. The van der Waals surface area contributed by atoms with E-state index in [1.807, 2.05) is 0 Å². The topological polar surface area (TPSA) is 124 Å². The molecule has 2 heterocycles. The zero-order valence-electron chi connectivity index (χ0n) is 41.1. The summed E-state index contributed by atoms with van der Waals surface area (Å²) in [4.78, 5) is -1.44. The number of fused-ring (bicyclic) bond motifs is 2. The number of benzene rings is 6. The van der Waals surface area contributed by atoms with Crippen LogP contribution in [0.3, 0.4) is 0 Å². The molecule has 2 aliphatic heterocycles. The molecule has 0 aliphatic carbocycles. The highest BCUT2D eigenvalue weighted by atomic mass is 32.2. The number of halogens is 16. The fraction of sp³-hybridized carbons (Fsp3) is 0.308. The van der Waals surface area contributed by atoms with E-state index in [2.05, 4.69) is 8.37 Å². The van der Waals surface area contributed by atoms with Gasteiger partial charge in [0.15, 0.2) is 0 Å². The van der Waals surface area contributed by atoms with Crippen molar-refractivity contribution in [1.82, 2.24) is 0 Å². The molecule has 2 aliphatic rings. The van der Waals surface area contributed by atoms with Gasteiger partial charge in [0.25, 0.3) is 0 Å². The van der Waals surface area contributed by atoms with Crippen molar-refractivity contribution in [3.8, 4) is 23.0 Å². The number of rotatable bonds is 16. The third kappa shape index (κ3) is 12.9. The van der Waals surface area contributed by atoms with Gasteiger partial charge < -0.3 is 27.3 Å². The van der Waals surface area contributed by atoms with Crippen LogP contribution in [0.25, 0.3) is 0 Å². The molecule has 2 atom stereocenters. The van der Waals surface area contributed by atoms with E-state index in [1.165, 1.54) is 38.5 Å². The van der Waals surface area contributed by atoms with E-state index in [-0.39, 0.29) is 37.6 Å². The van der Waals surface area contributed by atoms with Crippen molar-refractivity contribution >= 4 is 20.2 Å². The highest BCUT2D eigenvalue weighted by Gasteiger charge is 2.37. The van der Waals surface area contributed by atoms with Crippen molar-refractivity contribution in [2.24, 2.45) is 0 Å². The Morgan fingerprint density at radius 1 is 0.450 bits per heavy atom. The lowest BCUT2D eigenvalue weighted by Gasteiger charge is -2.29. The van der Waals surface area contributed by atoms with E-state index in [1.54, 1.807) is 0 Å². The molecule has 0 saturated carbocycles. The van der Waals surface area contributed by atoms with Gasteiger partial charge in [0.2, 0.25) is 69.7 Å². The lowest BCUT2D eigenvalue weighted by Crippen LogP contribution is -2.19. The second-order valence-electron chi connectivity index (χ2n) is 17.7. The molecular weight excluding hydrogens is 1150 g/mol. The van der Waals surface area contributed by atoms with Gasteiger partial charge in [0.1, 0.15) is 21.3 Å². The molecule has 0 bridgehead atoms. The summed E-state index contributed by atoms with van der Waals surface area (Å²) in [5.74, 6) is -29.5. The van der Waals surface area contributed by atoms with Crippen LogP contribution < -0.4 is 17.8 Å². The minimum absolute atomic E-state index is 0.0129. The molecule has 10 nitrogen and oxygen atoms in total. The Morgan fingerprint density at radius 3 is 1.07 bits per heavy atom. The summed E-state index contributed by atoms with van der Waals surface area (Å²) in [6.07, 6.45) is -7.06. The Balaban J connectivity index is 0.000000231. The summed E-state index contributed by atoms with van der Waals surface area (Å²) in [7, 11) is -7.32. The number of methoxy groups -OCH3 is 2. The van der Waals surface area contributed by atoms with Gasteiger partial charge in [-0.1, -0.05) is 24.3 Å². The number of hydrogen-bond acceptors (Lipinski definition) is 10. The second-order valence-corrected chi connectivity index (χ2v) is 20.8. The number of aryl methyl sites for hydroxylation is 2. The molecule has 6 aromatic carbocycles. The van der Waals surface area contributed by atoms with Crippen LogP contribution in [-0.2, 0) is 54.9 Å². The molecular formula is C52H40F16O10S2. The zero-order chi connectivity index (χ0) is 58.8. The number of alkyl halides is 6.